The zero-order chi connectivity index (χ0) is 25.4. The molecule has 2 aliphatic rings. The summed E-state index contributed by atoms with van der Waals surface area (Å²) in [7, 11) is 3.62. The minimum atomic E-state index is -5.08. The first-order valence-electron chi connectivity index (χ1n) is 11.7. The fourth-order valence-corrected chi connectivity index (χ4v) is 4.34. The number of rotatable bonds is 8. The number of imidazole rings is 1. The summed E-state index contributed by atoms with van der Waals surface area (Å²) < 4.78 is 51.3. The van der Waals surface area contributed by atoms with Crippen molar-refractivity contribution in [2.45, 2.75) is 44.3 Å². The van der Waals surface area contributed by atoms with Gasteiger partial charge >= 0.3 is 12.1 Å². The quantitative estimate of drug-likeness (QED) is 0.524. The smallest absolute Gasteiger partial charge is 0.490 e. The van der Waals surface area contributed by atoms with Crippen LogP contribution >= 0.6 is 0 Å². The van der Waals surface area contributed by atoms with Crippen LogP contribution in [-0.4, -0.2) is 85.3 Å². The maximum Gasteiger partial charge on any atom is 0.490 e. The van der Waals surface area contributed by atoms with Gasteiger partial charge in [-0.3, -0.25) is 0 Å². The average Bonchev–Trinajstić information content (AvgIpc) is 3.48. The van der Waals surface area contributed by atoms with E-state index in [0.29, 0.717) is 12.6 Å². The number of likely N-dealkylation sites (tertiary alicyclic amines) is 1. The number of methoxy groups -OCH3 is 1. The molecule has 0 amide bonds. The summed E-state index contributed by atoms with van der Waals surface area (Å²) in [6.45, 7) is 5.84. The third-order valence-corrected chi connectivity index (χ3v) is 6.07. The van der Waals surface area contributed by atoms with Gasteiger partial charge in [0.2, 0.25) is 5.95 Å². The summed E-state index contributed by atoms with van der Waals surface area (Å²) in [6.07, 6.45) is 0.595. The molecule has 0 aliphatic carbocycles. The molecule has 2 N–H and O–H groups in total. The number of fused-ring (bicyclic) bond motifs is 1. The number of aliphatic carboxylic acids is 1. The van der Waals surface area contributed by atoms with Crippen LogP contribution in [0.15, 0.2) is 12.1 Å². The lowest BCUT2D eigenvalue weighted by Crippen LogP contribution is -2.22. The highest BCUT2D eigenvalue weighted by molar-refractivity contribution is 5.83. The van der Waals surface area contributed by atoms with Gasteiger partial charge in [0.05, 0.1) is 24.8 Å². The Morgan fingerprint density at radius 1 is 1.23 bits per heavy atom. The number of alkyl halides is 3. The molecule has 0 radical (unpaired) electrons. The van der Waals surface area contributed by atoms with Crippen molar-refractivity contribution in [2.24, 2.45) is 0 Å². The second kappa shape index (κ2) is 12.3. The van der Waals surface area contributed by atoms with E-state index in [2.05, 4.69) is 20.9 Å². The van der Waals surface area contributed by atoms with E-state index >= 15 is 0 Å². The van der Waals surface area contributed by atoms with E-state index in [0.717, 1.165) is 67.5 Å². The van der Waals surface area contributed by atoms with Crippen LogP contribution in [0.25, 0.3) is 11.0 Å². The minimum absolute atomic E-state index is 0.387. The Labute approximate surface area is 202 Å². The van der Waals surface area contributed by atoms with Crippen LogP contribution < -0.4 is 14.8 Å². The molecule has 1 aromatic heterocycles. The third kappa shape index (κ3) is 7.14. The summed E-state index contributed by atoms with van der Waals surface area (Å²) in [5.74, 6) is -0.331. The lowest BCUT2D eigenvalue weighted by atomic mass is 10.1. The summed E-state index contributed by atoms with van der Waals surface area (Å²) >= 11 is 0. The fourth-order valence-electron chi connectivity index (χ4n) is 4.34. The van der Waals surface area contributed by atoms with E-state index in [1.54, 1.807) is 7.11 Å². The Bertz CT molecular complexity index is 970. The van der Waals surface area contributed by atoms with E-state index in [1.165, 1.54) is 25.9 Å². The Morgan fingerprint density at radius 2 is 1.89 bits per heavy atom. The molecule has 4 rings (SSSR count). The monoisotopic (exact) mass is 502 g/mol. The molecule has 0 atom stereocenters. The summed E-state index contributed by atoms with van der Waals surface area (Å²) in [6, 6.07) is 4.47. The highest BCUT2D eigenvalue weighted by atomic mass is 19.4. The third-order valence-electron chi connectivity index (χ3n) is 6.07. The molecule has 0 spiro atoms. The number of anilines is 1. The maximum absolute atomic E-state index is 10.6. The van der Waals surface area contributed by atoms with E-state index < -0.39 is 12.1 Å². The van der Waals surface area contributed by atoms with Crippen LogP contribution in [0.4, 0.5) is 19.1 Å². The second-order valence-corrected chi connectivity index (χ2v) is 8.44. The van der Waals surface area contributed by atoms with Gasteiger partial charge in [-0.15, -0.1) is 0 Å². The van der Waals surface area contributed by atoms with E-state index in [-0.39, 0.29) is 0 Å². The van der Waals surface area contributed by atoms with Gasteiger partial charge in [0.25, 0.3) is 0 Å². The molecule has 2 aliphatic heterocycles. The van der Waals surface area contributed by atoms with Crippen LogP contribution in [0.5, 0.6) is 11.5 Å². The number of hydrogen-bond donors (Lipinski definition) is 2. The second-order valence-electron chi connectivity index (χ2n) is 8.44. The van der Waals surface area contributed by atoms with Crippen LogP contribution in [0.3, 0.4) is 0 Å². The number of nitrogens with zero attached hydrogens (tertiary/aromatic N) is 3. The Balaban J connectivity index is 0.000000429. The molecule has 2 fully saturated rings. The molecule has 0 saturated carbocycles. The lowest BCUT2D eigenvalue weighted by Gasteiger charge is -2.25. The zero-order valence-corrected chi connectivity index (χ0v) is 20.1. The Morgan fingerprint density at radius 3 is 2.46 bits per heavy atom. The molecule has 0 bridgehead atoms. The first kappa shape index (κ1) is 26.9. The molecule has 9 nitrogen and oxygen atoms in total. The summed E-state index contributed by atoms with van der Waals surface area (Å²) in [5.41, 5.74) is 2.02. The van der Waals surface area contributed by atoms with Crippen LogP contribution in [0.1, 0.15) is 38.1 Å². The number of aromatic nitrogens is 2. The van der Waals surface area contributed by atoms with E-state index in [4.69, 9.17) is 29.1 Å². The molecular weight excluding hydrogens is 469 g/mol. The predicted molar refractivity (Wildman–Crippen MR) is 124 cm³/mol. The number of carboxylic acid groups (broad SMARTS) is 1. The number of carboxylic acids is 1. The molecule has 2 aromatic rings. The first-order valence-corrected chi connectivity index (χ1v) is 11.7. The number of ether oxygens (including phenoxy) is 3. The lowest BCUT2D eigenvalue weighted by molar-refractivity contribution is -0.192. The van der Waals surface area contributed by atoms with E-state index in [1.807, 2.05) is 13.1 Å². The van der Waals surface area contributed by atoms with Crippen molar-refractivity contribution in [3.63, 3.8) is 0 Å². The standard InChI is InChI=1S/C21H32N4O3.C2HF3O2/c1-22-21-23-17-14-20(28-11-5-10-24-8-3-4-9-24)19(26-2)15-18(17)25(21)16-6-12-27-13-7-16;3-2(4,5)1(6)7/h14-16H,3-13H2,1-2H3,(H,22,23);(H,6,7). The van der Waals surface area contributed by atoms with Gasteiger partial charge < -0.3 is 34.1 Å². The molecule has 3 heterocycles. The van der Waals surface area contributed by atoms with Gasteiger partial charge in [-0.05, 0) is 45.2 Å². The van der Waals surface area contributed by atoms with Crippen LogP contribution in [-0.2, 0) is 9.53 Å². The van der Waals surface area contributed by atoms with Crippen LogP contribution in [0.2, 0.25) is 0 Å². The summed E-state index contributed by atoms with van der Waals surface area (Å²) in [4.78, 5) is 16.2. The van der Waals surface area contributed by atoms with Gasteiger partial charge in [0, 0.05) is 45.0 Å². The van der Waals surface area contributed by atoms with E-state index in [9.17, 15) is 13.2 Å². The Hall–Kier alpha value is -2.73. The van der Waals surface area contributed by atoms with Gasteiger partial charge in [0.15, 0.2) is 11.5 Å². The number of nitrogens with one attached hydrogen (secondary N) is 1. The molecule has 0 unspecified atom stereocenters. The highest BCUT2D eigenvalue weighted by Crippen LogP contribution is 2.37. The van der Waals surface area contributed by atoms with Crippen LogP contribution in [0, 0.1) is 0 Å². The highest BCUT2D eigenvalue weighted by Gasteiger charge is 2.38. The molecule has 12 heteroatoms. The molecular formula is C23H33F3N4O5. The van der Waals surface area contributed by atoms with Gasteiger partial charge in [-0.1, -0.05) is 0 Å². The van der Waals surface area contributed by atoms with Crippen molar-refractivity contribution in [3.05, 3.63) is 12.1 Å². The number of carbonyl (C=O) groups is 1. The minimum Gasteiger partial charge on any atom is -0.493 e. The SMILES string of the molecule is CNc1nc2cc(OCCCN3CCCC3)c(OC)cc2n1C1CCOCC1.O=C(O)C(F)(F)F. The molecule has 2 saturated heterocycles. The maximum atomic E-state index is 10.6. The molecule has 35 heavy (non-hydrogen) atoms. The average molecular weight is 503 g/mol. The van der Waals surface area contributed by atoms with Gasteiger partial charge in [0.1, 0.15) is 0 Å². The molecule has 1 aromatic carbocycles. The van der Waals surface area contributed by atoms with Crippen molar-refractivity contribution in [2.75, 3.05) is 58.9 Å². The van der Waals surface area contributed by atoms with Crippen molar-refractivity contribution >= 4 is 23.0 Å². The zero-order valence-electron chi connectivity index (χ0n) is 20.1. The van der Waals surface area contributed by atoms with Crippen molar-refractivity contribution in [3.8, 4) is 11.5 Å². The number of hydrogen-bond acceptors (Lipinski definition) is 7. The molecule has 196 valence electrons. The van der Waals surface area contributed by atoms with Gasteiger partial charge in [-0.2, -0.15) is 13.2 Å². The normalized spacial score (nSPS) is 17.2. The summed E-state index contributed by atoms with van der Waals surface area (Å²) in [5, 5.41) is 10.4. The topological polar surface area (TPSA) is 98.1 Å². The number of benzene rings is 1. The van der Waals surface area contributed by atoms with Crippen molar-refractivity contribution in [1.29, 1.82) is 0 Å². The largest absolute Gasteiger partial charge is 0.493 e. The predicted octanol–water partition coefficient (Wildman–Crippen LogP) is 3.94. The Kier molecular flexibility index (Phi) is 9.44. The van der Waals surface area contributed by atoms with Crippen molar-refractivity contribution in [1.82, 2.24) is 14.5 Å². The number of halogens is 3. The van der Waals surface area contributed by atoms with Crippen molar-refractivity contribution < 1.29 is 37.3 Å². The fraction of sp³-hybridized carbons (Fsp3) is 0.652. The first-order chi connectivity index (χ1) is 16.7. The van der Waals surface area contributed by atoms with Gasteiger partial charge in [-0.25, -0.2) is 9.78 Å².